The minimum Gasteiger partial charge on any atom is -0.375 e. The van der Waals surface area contributed by atoms with Gasteiger partial charge < -0.3 is 19.9 Å². The van der Waals surface area contributed by atoms with Gasteiger partial charge in [0.15, 0.2) is 5.43 Å². The van der Waals surface area contributed by atoms with E-state index in [-0.39, 0.29) is 17.6 Å². The summed E-state index contributed by atoms with van der Waals surface area (Å²) in [4.78, 5) is 17.5. The van der Waals surface area contributed by atoms with Crippen molar-refractivity contribution >= 4 is 10.9 Å². The molecule has 6 heteroatoms. The number of hydrogen-bond acceptors (Lipinski definition) is 4. The molecule has 2 unspecified atom stereocenters. The van der Waals surface area contributed by atoms with Gasteiger partial charge in [0.1, 0.15) is 5.82 Å². The van der Waals surface area contributed by atoms with Crippen LogP contribution in [0.15, 0.2) is 29.1 Å². The number of pyridine rings is 1. The fourth-order valence-corrected chi connectivity index (χ4v) is 3.15. The molecule has 1 aliphatic rings. The van der Waals surface area contributed by atoms with Gasteiger partial charge in [-0.1, -0.05) is 0 Å². The number of hydrogen-bond donors (Lipinski definition) is 2. The average Bonchev–Trinajstić information content (AvgIpc) is 2.86. The zero-order valence-electron chi connectivity index (χ0n) is 13.4. The Labute approximate surface area is 134 Å². The number of fused-ring (bicyclic) bond motifs is 1. The van der Waals surface area contributed by atoms with Crippen molar-refractivity contribution in [2.24, 2.45) is 0 Å². The number of nitrogens with zero attached hydrogens (tertiary/aromatic N) is 1. The van der Waals surface area contributed by atoms with E-state index in [2.05, 4.69) is 22.2 Å². The average molecular weight is 319 g/mol. The Bertz CT molecular complexity index is 746. The van der Waals surface area contributed by atoms with Crippen molar-refractivity contribution in [2.45, 2.75) is 25.6 Å². The van der Waals surface area contributed by atoms with E-state index in [0.717, 1.165) is 18.8 Å². The highest BCUT2D eigenvalue weighted by molar-refractivity contribution is 5.78. The Balaban J connectivity index is 1.74. The van der Waals surface area contributed by atoms with Crippen molar-refractivity contribution in [1.29, 1.82) is 0 Å². The number of H-pyrrole nitrogens is 1. The van der Waals surface area contributed by atoms with E-state index < -0.39 is 5.82 Å². The van der Waals surface area contributed by atoms with Crippen molar-refractivity contribution < 1.29 is 9.13 Å². The summed E-state index contributed by atoms with van der Waals surface area (Å²) in [6.07, 6.45) is 0.159. The number of rotatable bonds is 5. The lowest BCUT2D eigenvalue weighted by Gasteiger charge is -2.19. The highest BCUT2D eigenvalue weighted by Crippen LogP contribution is 2.13. The molecule has 5 nitrogen and oxygen atoms in total. The first kappa shape index (κ1) is 16.1. The van der Waals surface area contributed by atoms with Crippen LogP contribution in [0.25, 0.3) is 10.9 Å². The molecule has 1 aliphatic heterocycles. The molecule has 124 valence electrons. The van der Waals surface area contributed by atoms with E-state index in [0.29, 0.717) is 24.1 Å². The van der Waals surface area contributed by atoms with Crippen LogP contribution < -0.4 is 10.7 Å². The van der Waals surface area contributed by atoms with E-state index in [9.17, 15) is 9.18 Å². The molecule has 2 atom stereocenters. The molecule has 0 amide bonds. The van der Waals surface area contributed by atoms with Crippen LogP contribution in [0.2, 0.25) is 0 Å². The second-order valence-electron chi connectivity index (χ2n) is 6.05. The van der Waals surface area contributed by atoms with Crippen LogP contribution in [0.5, 0.6) is 0 Å². The molecule has 0 bridgehead atoms. The maximum Gasteiger partial charge on any atom is 0.189 e. The van der Waals surface area contributed by atoms with Gasteiger partial charge in [-0.15, -0.1) is 0 Å². The Morgan fingerprint density at radius 3 is 3.00 bits per heavy atom. The molecule has 0 saturated carbocycles. The molecule has 23 heavy (non-hydrogen) atoms. The fourth-order valence-electron chi connectivity index (χ4n) is 3.15. The van der Waals surface area contributed by atoms with Crippen molar-refractivity contribution in [1.82, 2.24) is 15.2 Å². The third-order valence-corrected chi connectivity index (χ3v) is 4.23. The van der Waals surface area contributed by atoms with Crippen molar-refractivity contribution in [3.8, 4) is 0 Å². The lowest BCUT2D eigenvalue weighted by molar-refractivity contribution is 0.0541. The molecule has 1 fully saturated rings. The van der Waals surface area contributed by atoms with Crippen molar-refractivity contribution in [3.05, 3.63) is 46.0 Å². The van der Waals surface area contributed by atoms with Gasteiger partial charge in [0.25, 0.3) is 0 Å². The highest BCUT2D eigenvalue weighted by atomic mass is 19.1. The molecular formula is C17H22FN3O2. The van der Waals surface area contributed by atoms with Crippen LogP contribution in [0.1, 0.15) is 12.6 Å². The first-order chi connectivity index (χ1) is 11.1. The molecule has 1 saturated heterocycles. The number of aromatic nitrogens is 1. The lowest BCUT2D eigenvalue weighted by atomic mass is 10.1. The Morgan fingerprint density at radius 1 is 1.39 bits per heavy atom. The van der Waals surface area contributed by atoms with Crippen LogP contribution in [0, 0.1) is 5.82 Å². The summed E-state index contributed by atoms with van der Waals surface area (Å²) in [6, 6.07) is 5.98. The SMILES string of the molecule is CCOC1CN(C)CC1NCc1cc(=O)c2cc(F)ccc2[nH]1. The topological polar surface area (TPSA) is 57.4 Å². The van der Waals surface area contributed by atoms with Gasteiger partial charge in [0.05, 0.1) is 6.10 Å². The van der Waals surface area contributed by atoms with Crippen LogP contribution in [0.3, 0.4) is 0 Å². The molecule has 1 aromatic heterocycles. The van der Waals surface area contributed by atoms with Gasteiger partial charge in [-0.05, 0) is 32.2 Å². The largest absolute Gasteiger partial charge is 0.375 e. The van der Waals surface area contributed by atoms with E-state index in [1.165, 1.54) is 18.2 Å². The molecule has 0 aliphatic carbocycles. The molecule has 0 spiro atoms. The van der Waals surface area contributed by atoms with Gasteiger partial charge in [-0.3, -0.25) is 4.79 Å². The smallest absolute Gasteiger partial charge is 0.189 e. The number of benzene rings is 1. The summed E-state index contributed by atoms with van der Waals surface area (Å²) in [5.74, 6) is -0.401. The molecule has 1 aromatic carbocycles. The maximum atomic E-state index is 13.2. The van der Waals surface area contributed by atoms with Crippen LogP contribution >= 0.6 is 0 Å². The second-order valence-corrected chi connectivity index (χ2v) is 6.05. The van der Waals surface area contributed by atoms with E-state index in [4.69, 9.17) is 4.74 Å². The first-order valence-corrected chi connectivity index (χ1v) is 7.92. The lowest BCUT2D eigenvalue weighted by Crippen LogP contribution is -2.40. The van der Waals surface area contributed by atoms with Crippen LogP contribution in [-0.4, -0.2) is 48.8 Å². The number of likely N-dealkylation sites (N-methyl/N-ethyl adjacent to an activating group) is 1. The zero-order valence-corrected chi connectivity index (χ0v) is 13.4. The summed E-state index contributed by atoms with van der Waals surface area (Å²) in [5.41, 5.74) is 1.28. The Kier molecular flexibility index (Phi) is 4.75. The van der Waals surface area contributed by atoms with Crippen molar-refractivity contribution in [3.63, 3.8) is 0 Å². The number of nitrogens with one attached hydrogen (secondary N) is 2. The van der Waals surface area contributed by atoms with Gasteiger partial charge in [-0.2, -0.15) is 0 Å². The van der Waals surface area contributed by atoms with Crippen LogP contribution in [0.4, 0.5) is 4.39 Å². The fraction of sp³-hybridized carbons (Fsp3) is 0.471. The minimum atomic E-state index is -0.401. The predicted octanol–water partition coefficient (Wildman–Crippen LogP) is 1.48. The normalized spacial score (nSPS) is 22.0. The zero-order chi connectivity index (χ0) is 16.4. The number of aromatic amines is 1. The minimum absolute atomic E-state index is 0.159. The summed E-state index contributed by atoms with van der Waals surface area (Å²) in [5, 5.41) is 3.83. The summed E-state index contributed by atoms with van der Waals surface area (Å²) < 4.78 is 19.0. The molecule has 3 rings (SSSR count). The third-order valence-electron chi connectivity index (χ3n) is 4.23. The number of halogens is 1. The van der Waals surface area contributed by atoms with E-state index in [1.54, 1.807) is 6.07 Å². The third kappa shape index (κ3) is 3.60. The number of likely N-dealkylation sites (tertiary alicyclic amines) is 1. The van der Waals surface area contributed by atoms with E-state index in [1.807, 2.05) is 6.92 Å². The predicted molar refractivity (Wildman–Crippen MR) is 88.1 cm³/mol. The van der Waals surface area contributed by atoms with Gasteiger partial charge >= 0.3 is 0 Å². The summed E-state index contributed by atoms with van der Waals surface area (Å²) in [7, 11) is 2.07. The molecular weight excluding hydrogens is 297 g/mol. The standard InChI is InChI=1S/C17H22FN3O2/c1-3-23-17-10-21(2)9-15(17)19-8-12-7-16(22)13-6-11(18)4-5-14(13)20-12/h4-7,15,17,19H,3,8-10H2,1-2H3,(H,20,22). The quantitative estimate of drug-likeness (QED) is 0.876. The maximum absolute atomic E-state index is 13.2. The molecule has 2 heterocycles. The van der Waals surface area contributed by atoms with Crippen LogP contribution in [-0.2, 0) is 11.3 Å². The Morgan fingerprint density at radius 2 is 2.22 bits per heavy atom. The molecule has 2 aromatic rings. The monoisotopic (exact) mass is 319 g/mol. The van der Waals surface area contributed by atoms with E-state index >= 15 is 0 Å². The van der Waals surface area contributed by atoms with Gasteiger partial charge in [0.2, 0.25) is 0 Å². The summed E-state index contributed by atoms with van der Waals surface area (Å²) in [6.45, 7) is 5.04. The Hall–Kier alpha value is -1.76. The number of ether oxygens (including phenoxy) is 1. The second kappa shape index (κ2) is 6.78. The molecule has 0 radical (unpaired) electrons. The first-order valence-electron chi connectivity index (χ1n) is 7.92. The van der Waals surface area contributed by atoms with Gasteiger partial charge in [-0.25, -0.2) is 4.39 Å². The summed E-state index contributed by atoms with van der Waals surface area (Å²) >= 11 is 0. The van der Waals surface area contributed by atoms with Gasteiger partial charge in [0, 0.05) is 54.9 Å². The van der Waals surface area contributed by atoms with Crippen molar-refractivity contribution in [2.75, 3.05) is 26.7 Å². The highest BCUT2D eigenvalue weighted by Gasteiger charge is 2.30. The molecule has 2 N–H and O–H groups in total.